The van der Waals surface area contributed by atoms with Crippen LogP contribution in [0.5, 0.6) is 5.75 Å². The number of hydrogen-bond acceptors (Lipinski definition) is 2. The van der Waals surface area contributed by atoms with Gasteiger partial charge in [-0.2, -0.15) is 4.58 Å². The number of para-hydroxylation sites is 3. The molecule has 0 unspecified atom stereocenters. The molecule has 3 aromatic carbocycles. The Morgan fingerprint density at radius 2 is 1.44 bits per heavy atom. The van der Waals surface area contributed by atoms with Crippen molar-refractivity contribution in [2.24, 2.45) is 0 Å². The molecule has 2 aliphatic heterocycles. The quantitative estimate of drug-likeness (QED) is 0.300. The van der Waals surface area contributed by atoms with Crippen LogP contribution >= 0.6 is 0 Å². The Balaban J connectivity index is 1.41. The van der Waals surface area contributed by atoms with E-state index >= 15 is 0 Å². The summed E-state index contributed by atoms with van der Waals surface area (Å²) < 4.78 is 9.02. The van der Waals surface area contributed by atoms with Crippen LogP contribution < -0.4 is 9.64 Å². The lowest BCUT2D eigenvalue weighted by molar-refractivity contribution is -0.401. The Hall–Kier alpha value is -4.11. The number of rotatable bonds is 5. The maximum absolute atomic E-state index is 6.69. The van der Waals surface area contributed by atoms with Crippen molar-refractivity contribution >= 4 is 17.1 Å². The summed E-state index contributed by atoms with van der Waals surface area (Å²) in [7, 11) is 4.36. The minimum absolute atomic E-state index is 0.0613. The molecule has 3 nitrogen and oxygen atoms in total. The van der Waals surface area contributed by atoms with E-state index in [2.05, 4.69) is 124 Å². The van der Waals surface area contributed by atoms with Crippen LogP contribution in [0.15, 0.2) is 126 Å². The third kappa shape index (κ3) is 4.68. The van der Waals surface area contributed by atoms with Crippen LogP contribution in [-0.4, -0.2) is 24.4 Å². The number of benzene rings is 3. The maximum Gasteiger partial charge on any atom is 0.209 e. The van der Waals surface area contributed by atoms with Gasteiger partial charge in [0.2, 0.25) is 5.69 Å². The van der Waals surface area contributed by atoms with Crippen LogP contribution in [-0.2, 0) is 10.8 Å². The number of anilines is 1. The summed E-state index contributed by atoms with van der Waals surface area (Å²) >= 11 is 0. The van der Waals surface area contributed by atoms with Crippen molar-refractivity contribution in [3.05, 3.63) is 137 Å². The van der Waals surface area contributed by atoms with Gasteiger partial charge in [0.15, 0.2) is 5.71 Å². The van der Waals surface area contributed by atoms with E-state index < -0.39 is 0 Å². The van der Waals surface area contributed by atoms with E-state index in [-0.39, 0.29) is 10.8 Å². The molecule has 6 rings (SSSR count). The smallest absolute Gasteiger partial charge is 0.209 e. The minimum Gasteiger partial charge on any atom is -0.457 e. The Bertz CT molecular complexity index is 1650. The van der Waals surface area contributed by atoms with Crippen molar-refractivity contribution in [1.29, 1.82) is 0 Å². The molecule has 3 aliphatic rings. The van der Waals surface area contributed by atoms with Gasteiger partial charge in [0, 0.05) is 41.6 Å². The van der Waals surface area contributed by atoms with Crippen LogP contribution in [0.25, 0.3) is 0 Å². The van der Waals surface area contributed by atoms with Gasteiger partial charge in [-0.15, -0.1) is 0 Å². The van der Waals surface area contributed by atoms with Gasteiger partial charge in [-0.05, 0) is 80.2 Å². The largest absolute Gasteiger partial charge is 0.457 e. The zero-order valence-corrected chi connectivity index (χ0v) is 25.2. The van der Waals surface area contributed by atoms with Gasteiger partial charge in [-0.25, -0.2) is 0 Å². The van der Waals surface area contributed by atoms with Crippen molar-refractivity contribution in [3.8, 4) is 5.75 Å². The first kappa shape index (κ1) is 27.1. The standard InChI is InChI=1S/C38H41N2O/c1-37(2)30-19-10-12-21-32(30)39(5)34(37)25-23-27-15-14-16-28(36(27)41-29-17-8-7-9-18-29)24-26-35-38(3,4)31-20-11-13-22-33(31)40(35)6/h7-13,17-26H,14-16H2,1-6H3/q+1. The molecule has 0 radical (unpaired) electrons. The third-order valence-corrected chi connectivity index (χ3v) is 9.20. The Morgan fingerprint density at radius 3 is 2.17 bits per heavy atom. The molecule has 208 valence electrons. The van der Waals surface area contributed by atoms with E-state index in [0.29, 0.717) is 0 Å². The fourth-order valence-electron chi connectivity index (χ4n) is 6.92. The molecule has 0 aromatic heterocycles. The van der Waals surface area contributed by atoms with Crippen LogP contribution in [0.4, 0.5) is 11.4 Å². The molecule has 0 bridgehead atoms. The van der Waals surface area contributed by atoms with Crippen molar-refractivity contribution in [3.63, 3.8) is 0 Å². The fourth-order valence-corrected chi connectivity index (χ4v) is 6.92. The van der Waals surface area contributed by atoms with Gasteiger partial charge in [0.05, 0.1) is 5.41 Å². The molecule has 0 amide bonds. The molecule has 0 spiro atoms. The Labute approximate surface area is 245 Å². The van der Waals surface area contributed by atoms with Gasteiger partial charge in [-0.3, -0.25) is 0 Å². The zero-order chi connectivity index (χ0) is 28.8. The maximum atomic E-state index is 6.69. The molecule has 41 heavy (non-hydrogen) atoms. The van der Waals surface area contributed by atoms with E-state index in [0.717, 1.165) is 30.8 Å². The third-order valence-electron chi connectivity index (χ3n) is 9.20. The highest BCUT2D eigenvalue weighted by Gasteiger charge is 2.42. The molecule has 2 heterocycles. The number of hydrogen-bond donors (Lipinski definition) is 0. The number of likely N-dealkylation sites (N-methyl/N-ethyl adjacent to an activating group) is 1. The molecule has 0 saturated heterocycles. The van der Waals surface area contributed by atoms with Crippen LogP contribution in [0.1, 0.15) is 58.1 Å². The summed E-state index contributed by atoms with van der Waals surface area (Å²) in [4.78, 5) is 2.34. The van der Waals surface area contributed by atoms with Crippen LogP contribution in [0.3, 0.4) is 0 Å². The van der Waals surface area contributed by atoms with Crippen molar-refractivity contribution < 1.29 is 9.31 Å². The van der Waals surface area contributed by atoms with E-state index in [4.69, 9.17) is 4.74 Å². The van der Waals surface area contributed by atoms with E-state index in [1.165, 1.54) is 45.1 Å². The summed E-state index contributed by atoms with van der Waals surface area (Å²) in [5, 5.41) is 0. The van der Waals surface area contributed by atoms with E-state index in [1.54, 1.807) is 0 Å². The number of allylic oxidation sites excluding steroid dienone is 7. The second-order valence-corrected chi connectivity index (χ2v) is 12.5. The highest BCUT2D eigenvalue weighted by atomic mass is 16.5. The fraction of sp³-hybridized carbons (Fsp3) is 0.289. The summed E-state index contributed by atoms with van der Waals surface area (Å²) in [6.45, 7) is 9.28. The predicted octanol–water partition coefficient (Wildman–Crippen LogP) is 9.00. The second kappa shape index (κ2) is 10.4. The minimum atomic E-state index is -0.0613. The summed E-state index contributed by atoms with van der Waals surface area (Å²) in [6, 6.07) is 27.7. The topological polar surface area (TPSA) is 15.5 Å². The summed E-state index contributed by atoms with van der Waals surface area (Å²) in [5.74, 6) is 1.86. The number of ether oxygens (including phenoxy) is 1. The van der Waals surface area contributed by atoms with E-state index in [9.17, 15) is 0 Å². The first-order valence-electron chi connectivity index (χ1n) is 14.8. The molecule has 0 atom stereocenters. The normalized spacial score (nSPS) is 21.3. The SMILES string of the molecule is CN1C(=CC=C2CCCC(C=CC3=[N+](C)c4ccccc4C3(C)C)=C2Oc2ccccc2)C(C)(C)c2ccccc21. The lowest BCUT2D eigenvalue weighted by Crippen LogP contribution is -2.26. The highest BCUT2D eigenvalue weighted by Crippen LogP contribution is 2.47. The first-order chi connectivity index (χ1) is 19.7. The molecule has 1 aliphatic carbocycles. The van der Waals surface area contributed by atoms with Crippen LogP contribution in [0, 0.1) is 0 Å². The molecular weight excluding hydrogens is 500 g/mol. The van der Waals surface area contributed by atoms with Crippen LogP contribution in [0.2, 0.25) is 0 Å². The van der Waals surface area contributed by atoms with Crippen molar-refractivity contribution in [1.82, 2.24) is 0 Å². The molecule has 3 aromatic rings. The summed E-state index contributed by atoms with van der Waals surface area (Å²) in [5.41, 5.74) is 10.3. The van der Waals surface area contributed by atoms with E-state index in [1.807, 2.05) is 30.3 Å². The summed E-state index contributed by atoms with van der Waals surface area (Å²) in [6.07, 6.45) is 12.3. The highest BCUT2D eigenvalue weighted by molar-refractivity contribution is 6.03. The monoisotopic (exact) mass is 541 g/mol. The lowest BCUT2D eigenvalue weighted by atomic mass is 9.81. The van der Waals surface area contributed by atoms with Gasteiger partial charge in [0.1, 0.15) is 18.6 Å². The predicted molar refractivity (Wildman–Crippen MR) is 171 cm³/mol. The van der Waals surface area contributed by atoms with Gasteiger partial charge < -0.3 is 9.64 Å². The average Bonchev–Trinajstić information content (AvgIpc) is 3.29. The van der Waals surface area contributed by atoms with Gasteiger partial charge in [0.25, 0.3) is 0 Å². The zero-order valence-electron chi connectivity index (χ0n) is 25.2. The Kier molecular flexibility index (Phi) is 6.85. The van der Waals surface area contributed by atoms with Gasteiger partial charge >= 0.3 is 0 Å². The lowest BCUT2D eigenvalue weighted by Gasteiger charge is -2.25. The number of nitrogens with zero attached hydrogens (tertiary/aromatic N) is 2. The molecular formula is C38H41N2O+. The number of fused-ring (bicyclic) bond motifs is 2. The van der Waals surface area contributed by atoms with Crippen molar-refractivity contribution in [2.45, 2.75) is 57.8 Å². The van der Waals surface area contributed by atoms with Gasteiger partial charge in [-0.1, -0.05) is 74.5 Å². The van der Waals surface area contributed by atoms with Crippen molar-refractivity contribution in [2.75, 3.05) is 19.0 Å². The second-order valence-electron chi connectivity index (χ2n) is 12.5. The molecule has 0 N–H and O–H groups in total. The first-order valence-corrected chi connectivity index (χ1v) is 14.8. The molecule has 0 fully saturated rings. The molecule has 0 saturated carbocycles. The molecule has 3 heteroatoms. The Morgan fingerprint density at radius 1 is 0.756 bits per heavy atom. The average molecular weight is 542 g/mol.